The molecule has 122 valence electrons. The van der Waals surface area contributed by atoms with E-state index in [-0.39, 0.29) is 12.1 Å². The van der Waals surface area contributed by atoms with Gasteiger partial charge < -0.3 is 9.64 Å². The lowest BCUT2D eigenvalue weighted by Crippen LogP contribution is -2.35. The number of rotatable bonds is 7. The Morgan fingerprint density at radius 3 is 2.30 bits per heavy atom. The van der Waals surface area contributed by atoms with Gasteiger partial charge in [-0.2, -0.15) is 0 Å². The third-order valence-electron chi connectivity index (χ3n) is 3.74. The number of hydrogen-bond donors (Lipinski definition) is 0. The standard InChI is InChI=1S/C19H22ClNO2/c1-3-18(14-21(4-2)17-8-6-5-7-9-17)23-19(22)15-10-12-16(20)13-11-15/h5-13,18H,3-4,14H2,1-2H3. The van der Waals surface area contributed by atoms with Crippen molar-refractivity contribution in [2.75, 3.05) is 18.0 Å². The molecule has 23 heavy (non-hydrogen) atoms. The Bertz CT molecular complexity index is 613. The van der Waals surface area contributed by atoms with E-state index in [0.717, 1.165) is 18.7 Å². The summed E-state index contributed by atoms with van der Waals surface area (Å²) in [5.41, 5.74) is 1.66. The van der Waals surface area contributed by atoms with Gasteiger partial charge in [-0.15, -0.1) is 0 Å². The highest BCUT2D eigenvalue weighted by Crippen LogP contribution is 2.16. The Balaban J connectivity index is 2.01. The highest BCUT2D eigenvalue weighted by molar-refractivity contribution is 6.30. The van der Waals surface area contributed by atoms with Crippen LogP contribution in [0.1, 0.15) is 30.6 Å². The van der Waals surface area contributed by atoms with Crippen LogP contribution in [0.3, 0.4) is 0 Å². The summed E-state index contributed by atoms with van der Waals surface area (Å²) in [6.45, 7) is 5.66. The number of benzene rings is 2. The van der Waals surface area contributed by atoms with Crippen molar-refractivity contribution in [3.8, 4) is 0 Å². The second kappa shape index (κ2) is 8.59. The first-order valence-corrected chi connectivity index (χ1v) is 8.28. The Morgan fingerprint density at radius 2 is 1.74 bits per heavy atom. The molecule has 0 heterocycles. The van der Waals surface area contributed by atoms with Crippen molar-refractivity contribution in [2.24, 2.45) is 0 Å². The van der Waals surface area contributed by atoms with Gasteiger partial charge in [0.2, 0.25) is 0 Å². The highest BCUT2D eigenvalue weighted by atomic mass is 35.5. The minimum Gasteiger partial charge on any atom is -0.457 e. The molecule has 2 aromatic carbocycles. The smallest absolute Gasteiger partial charge is 0.338 e. The predicted octanol–water partition coefficient (Wildman–Crippen LogP) is 4.80. The molecule has 0 N–H and O–H groups in total. The molecule has 0 saturated carbocycles. The third kappa shape index (κ3) is 5.00. The average Bonchev–Trinajstić information content (AvgIpc) is 2.59. The van der Waals surface area contributed by atoms with Gasteiger partial charge >= 0.3 is 5.97 Å². The first-order chi connectivity index (χ1) is 11.1. The van der Waals surface area contributed by atoms with Crippen LogP contribution in [0.4, 0.5) is 5.69 Å². The Hall–Kier alpha value is -2.00. The van der Waals surface area contributed by atoms with Crippen LogP contribution in [-0.4, -0.2) is 25.2 Å². The summed E-state index contributed by atoms with van der Waals surface area (Å²) < 4.78 is 5.66. The van der Waals surface area contributed by atoms with Crippen molar-refractivity contribution >= 4 is 23.3 Å². The maximum atomic E-state index is 12.2. The number of carbonyl (C=O) groups excluding carboxylic acids is 1. The van der Waals surface area contributed by atoms with Crippen molar-refractivity contribution in [1.82, 2.24) is 0 Å². The van der Waals surface area contributed by atoms with Crippen LogP contribution < -0.4 is 4.90 Å². The SMILES string of the molecule is CCC(CN(CC)c1ccccc1)OC(=O)c1ccc(Cl)cc1. The number of nitrogens with zero attached hydrogens (tertiary/aromatic N) is 1. The number of halogens is 1. The quantitative estimate of drug-likeness (QED) is 0.682. The molecule has 0 aromatic heterocycles. The van der Waals surface area contributed by atoms with E-state index in [9.17, 15) is 4.79 Å². The van der Waals surface area contributed by atoms with Crippen LogP contribution >= 0.6 is 11.6 Å². The minimum absolute atomic E-state index is 0.154. The first-order valence-electron chi connectivity index (χ1n) is 7.90. The molecule has 2 rings (SSSR count). The van der Waals surface area contributed by atoms with Gasteiger partial charge in [0.1, 0.15) is 6.10 Å². The number of likely N-dealkylation sites (N-methyl/N-ethyl adjacent to an activating group) is 1. The summed E-state index contributed by atoms with van der Waals surface area (Å²) in [6, 6.07) is 16.9. The summed E-state index contributed by atoms with van der Waals surface area (Å²) in [5.74, 6) is -0.308. The molecule has 0 aliphatic carbocycles. The molecule has 1 atom stereocenters. The molecule has 1 unspecified atom stereocenters. The Morgan fingerprint density at radius 1 is 1.09 bits per heavy atom. The summed E-state index contributed by atoms with van der Waals surface area (Å²) in [4.78, 5) is 14.5. The van der Waals surface area contributed by atoms with E-state index in [1.54, 1.807) is 24.3 Å². The zero-order valence-corrected chi connectivity index (χ0v) is 14.3. The van der Waals surface area contributed by atoms with E-state index in [0.29, 0.717) is 17.1 Å². The van der Waals surface area contributed by atoms with Gasteiger partial charge in [-0.1, -0.05) is 36.7 Å². The highest BCUT2D eigenvalue weighted by Gasteiger charge is 2.17. The maximum absolute atomic E-state index is 12.2. The van der Waals surface area contributed by atoms with E-state index in [1.807, 2.05) is 25.1 Å². The summed E-state index contributed by atoms with van der Waals surface area (Å²) in [6.07, 6.45) is 0.612. The fourth-order valence-electron chi connectivity index (χ4n) is 2.36. The molecular formula is C19H22ClNO2. The molecule has 0 fully saturated rings. The van der Waals surface area contributed by atoms with E-state index in [1.165, 1.54) is 0 Å². The number of ether oxygens (including phenoxy) is 1. The molecular weight excluding hydrogens is 310 g/mol. The summed E-state index contributed by atoms with van der Waals surface area (Å²) in [7, 11) is 0. The predicted molar refractivity (Wildman–Crippen MR) is 95.3 cm³/mol. The van der Waals surface area contributed by atoms with Gasteiger partial charge in [0, 0.05) is 17.3 Å². The van der Waals surface area contributed by atoms with Crippen LogP contribution in [0, 0.1) is 0 Å². The molecule has 0 bridgehead atoms. The summed E-state index contributed by atoms with van der Waals surface area (Å²) >= 11 is 5.85. The van der Waals surface area contributed by atoms with Gasteiger partial charge in [0.15, 0.2) is 0 Å². The van der Waals surface area contributed by atoms with E-state index in [4.69, 9.17) is 16.3 Å². The van der Waals surface area contributed by atoms with Crippen molar-refractivity contribution in [3.63, 3.8) is 0 Å². The fourth-order valence-corrected chi connectivity index (χ4v) is 2.48. The normalized spacial score (nSPS) is 11.8. The molecule has 0 aliphatic heterocycles. The van der Waals surface area contributed by atoms with Crippen LogP contribution in [-0.2, 0) is 4.74 Å². The van der Waals surface area contributed by atoms with Crippen LogP contribution in [0.5, 0.6) is 0 Å². The zero-order valence-electron chi connectivity index (χ0n) is 13.5. The largest absolute Gasteiger partial charge is 0.457 e. The van der Waals surface area contributed by atoms with E-state index >= 15 is 0 Å². The lowest BCUT2D eigenvalue weighted by Gasteiger charge is -2.27. The monoisotopic (exact) mass is 331 g/mol. The van der Waals surface area contributed by atoms with Gasteiger partial charge in [0.25, 0.3) is 0 Å². The number of para-hydroxylation sites is 1. The molecule has 0 amide bonds. The third-order valence-corrected chi connectivity index (χ3v) is 3.99. The van der Waals surface area contributed by atoms with E-state index < -0.39 is 0 Å². The molecule has 0 saturated heterocycles. The maximum Gasteiger partial charge on any atom is 0.338 e. The Kier molecular flexibility index (Phi) is 6.48. The lowest BCUT2D eigenvalue weighted by atomic mass is 10.2. The molecule has 0 spiro atoms. The number of esters is 1. The van der Waals surface area contributed by atoms with Crippen LogP contribution in [0.25, 0.3) is 0 Å². The number of hydrogen-bond acceptors (Lipinski definition) is 3. The molecule has 3 nitrogen and oxygen atoms in total. The lowest BCUT2D eigenvalue weighted by molar-refractivity contribution is 0.0309. The van der Waals surface area contributed by atoms with Crippen molar-refractivity contribution in [3.05, 3.63) is 65.2 Å². The van der Waals surface area contributed by atoms with E-state index in [2.05, 4.69) is 24.0 Å². The van der Waals surface area contributed by atoms with Gasteiger partial charge in [0.05, 0.1) is 12.1 Å². The zero-order chi connectivity index (χ0) is 16.7. The average molecular weight is 332 g/mol. The van der Waals surface area contributed by atoms with Crippen molar-refractivity contribution < 1.29 is 9.53 Å². The topological polar surface area (TPSA) is 29.5 Å². The Labute approximate surface area is 142 Å². The summed E-state index contributed by atoms with van der Waals surface area (Å²) in [5, 5.41) is 0.606. The van der Waals surface area contributed by atoms with Gasteiger partial charge in [-0.25, -0.2) is 4.79 Å². The van der Waals surface area contributed by atoms with Gasteiger partial charge in [-0.05, 0) is 49.7 Å². The molecule has 4 heteroatoms. The molecule has 0 radical (unpaired) electrons. The minimum atomic E-state index is -0.308. The van der Waals surface area contributed by atoms with Crippen molar-refractivity contribution in [1.29, 1.82) is 0 Å². The number of carbonyl (C=O) groups is 1. The second-order valence-electron chi connectivity index (χ2n) is 5.32. The number of anilines is 1. The van der Waals surface area contributed by atoms with Gasteiger partial charge in [-0.3, -0.25) is 0 Å². The molecule has 2 aromatic rings. The first kappa shape index (κ1) is 17.4. The molecule has 0 aliphatic rings. The second-order valence-corrected chi connectivity index (χ2v) is 5.75. The van der Waals surface area contributed by atoms with Crippen LogP contribution in [0.15, 0.2) is 54.6 Å². The van der Waals surface area contributed by atoms with Crippen LogP contribution in [0.2, 0.25) is 5.02 Å². The fraction of sp³-hybridized carbons (Fsp3) is 0.316. The van der Waals surface area contributed by atoms with Crippen molar-refractivity contribution in [2.45, 2.75) is 26.4 Å².